The number of ether oxygens (including phenoxy) is 2. The molecule has 1 N–H and O–H groups in total. The van der Waals surface area contributed by atoms with Gasteiger partial charge in [0.15, 0.2) is 11.6 Å². The predicted octanol–water partition coefficient (Wildman–Crippen LogP) is 5.07. The Morgan fingerprint density at radius 2 is 1.63 bits per heavy atom. The molecule has 192 valence electrons. The number of anilines is 1. The summed E-state index contributed by atoms with van der Waals surface area (Å²) in [5, 5.41) is 15.1. The first-order valence-electron chi connectivity index (χ1n) is 12.0. The zero-order valence-corrected chi connectivity index (χ0v) is 21.0. The average molecular weight is 512 g/mol. The van der Waals surface area contributed by atoms with Gasteiger partial charge in [-0.2, -0.15) is 0 Å². The molecule has 1 amide bonds. The Morgan fingerprint density at radius 3 is 2.34 bits per heavy atom. The molecule has 0 aliphatic carbocycles. The topological polar surface area (TPSA) is 121 Å². The van der Waals surface area contributed by atoms with Crippen molar-refractivity contribution in [3.63, 3.8) is 0 Å². The Morgan fingerprint density at radius 1 is 0.947 bits per heavy atom. The molecule has 0 saturated heterocycles. The third-order valence-electron chi connectivity index (χ3n) is 5.93. The number of ketones is 1. The highest BCUT2D eigenvalue weighted by molar-refractivity contribution is 6.18. The van der Waals surface area contributed by atoms with E-state index in [1.54, 1.807) is 78.5 Å². The molecule has 10 heteroatoms. The van der Waals surface area contributed by atoms with Gasteiger partial charge < -0.3 is 19.2 Å². The summed E-state index contributed by atoms with van der Waals surface area (Å²) in [7, 11) is 1.56. The quantitative estimate of drug-likeness (QED) is 0.272. The number of tetrazole rings is 1. The van der Waals surface area contributed by atoms with Crippen molar-refractivity contribution in [3.05, 3.63) is 95.5 Å². The number of hydrogen-bond donors (Lipinski definition) is 1. The molecule has 0 radical (unpaired) electrons. The second-order valence-electron chi connectivity index (χ2n) is 8.76. The van der Waals surface area contributed by atoms with Crippen LogP contribution in [0.5, 0.6) is 11.5 Å². The first-order valence-corrected chi connectivity index (χ1v) is 12.0. The molecule has 0 unspecified atom stereocenters. The molecule has 0 aliphatic rings. The number of aromatic nitrogens is 4. The molecule has 0 saturated carbocycles. The third kappa shape index (κ3) is 4.96. The van der Waals surface area contributed by atoms with Crippen molar-refractivity contribution in [1.82, 2.24) is 20.2 Å². The largest absolute Gasteiger partial charge is 0.497 e. The van der Waals surface area contributed by atoms with Crippen LogP contribution in [0.25, 0.3) is 11.0 Å². The Balaban J connectivity index is 1.35. The van der Waals surface area contributed by atoms with Crippen LogP contribution in [-0.4, -0.2) is 39.0 Å². The van der Waals surface area contributed by atoms with Crippen LogP contribution < -0.4 is 14.8 Å². The second-order valence-corrected chi connectivity index (χ2v) is 8.76. The first-order chi connectivity index (χ1) is 18.4. The highest BCUT2D eigenvalue weighted by Crippen LogP contribution is 2.33. The van der Waals surface area contributed by atoms with E-state index in [-0.39, 0.29) is 24.2 Å². The van der Waals surface area contributed by atoms with Crippen molar-refractivity contribution in [1.29, 1.82) is 0 Å². The molecule has 0 spiro atoms. The summed E-state index contributed by atoms with van der Waals surface area (Å²) in [4.78, 5) is 26.5. The molecule has 0 atom stereocenters. The normalized spacial score (nSPS) is 11.1. The molecular formula is C28H25N5O5. The molecule has 10 nitrogen and oxygen atoms in total. The van der Waals surface area contributed by atoms with Crippen LogP contribution in [-0.2, 0) is 6.61 Å². The zero-order chi connectivity index (χ0) is 26.6. The molecule has 5 rings (SSSR count). The maximum absolute atomic E-state index is 13.3. The fourth-order valence-corrected chi connectivity index (χ4v) is 3.95. The standard InChI is InChI=1S/C28H25N5O5/c1-17(2)33-24(30-31-32-33)16-37-21-14-10-19(11-15-21)28(35)29-25-22-6-4-5-7-23(22)38-27(25)26(34)18-8-12-20(36-3)13-9-18/h4-15,17H,16H2,1-3H3,(H,29,35). The van der Waals surface area contributed by atoms with Crippen molar-refractivity contribution in [3.8, 4) is 11.5 Å². The van der Waals surface area contributed by atoms with Gasteiger partial charge in [-0.25, -0.2) is 4.68 Å². The highest BCUT2D eigenvalue weighted by atomic mass is 16.5. The summed E-state index contributed by atoms with van der Waals surface area (Å²) in [6.07, 6.45) is 0. The Bertz CT molecular complexity index is 1590. The predicted molar refractivity (Wildman–Crippen MR) is 140 cm³/mol. The van der Waals surface area contributed by atoms with Crippen LogP contribution >= 0.6 is 0 Å². The molecule has 38 heavy (non-hydrogen) atoms. The fourth-order valence-electron chi connectivity index (χ4n) is 3.95. The first kappa shape index (κ1) is 24.7. The van der Waals surface area contributed by atoms with Gasteiger partial charge in [0.2, 0.25) is 5.78 Å². The second kappa shape index (κ2) is 10.6. The number of nitrogens with zero attached hydrogens (tertiary/aromatic N) is 4. The van der Waals surface area contributed by atoms with E-state index in [4.69, 9.17) is 13.9 Å². The number of rotatable bonds is 9. The smallest absolute Gasteiger partial charge is 0.255 e. The van der Waals surface area contributed by atoms with E-state index >= 15 is 0 Å². The monoisotopic (exact) mass is 511 g/mol. The number of carbonyl (C=O) groups excluding carboxylic acids is 2. The van der Waals surface area contributed by atoms with Crippen LogP contribution in [0.2, 0.25) is 0 Å². The molecule has 5 aromatic rings. The summed E-state index contributed by atoms with van der Waals surface area (Å²) < 4.78 is 18.5. The highest BCUT2D eigenvalue weighted by Gasteiger charge is 2.24. The molecule has 0 bridgehead atoms. The summed E-state index contributed by atoms with van der Waals surface area (Å²) in [6, 6.07) is 20.6. The number of carbonyl (C=O) groups is 2. The van der Waals surface area contributed by atoms with Crippen LogP contribution in [0, 0.1) is 0 Å². The summed E-state index contributed by atoms with van der Waals surface area (Å²) >= 11 is 0. The van der Waals surface area contributed by atoms with E-state index in [0.29, 0.717) is 45.1 Å². The summed E-state index contributed by atoms with van der Waals surface area (Å²) in [5.74, 6) is 1.09. The van der Waals surface area contributed by atoms with E-state index in [1.807, 2.05) is 19.9 Å². The van der Waals surface area contributed by atoms with Gasteiger partial charge in [-0.15, -0.1) is 5.10 Å². The average Bonchev–Trinajstić information content (AvgIpc) is 3.57. The number of para-hydroxylation sites is 1. The fraction of sp³-hybridized carbons (Fsp3) is 0.179. The van der Waals surface area contributed by atoms with E-state index in [1.165, 1.54) is 0 Å². The van der Waals surface area contributed by atoms with Crippen molar-refractivity contribution in [2.45, 2.75) is 26.5 Å². The van der Waals surface area contributed by atoms with Crippen LogP contribution in [0.4, 0.5) is 5.69 Å². The van der Waals surface area contributed by atoms with E-state index in [9.17, 15) is 9.59 Å². The Kier molecular flexibility index (Phi) is 6.86. The summed E-state index contributed by atoms with van der Waals surface area (Å²) in [6.45, 7) is 4.15. The van der Waals surface area contributed by atoms with E-state index in [0.717, 1.165) is 0 Å². The number of furan rings is 1. The molecule has 2 aromatic heterocycles. The van der Waals surface area contributed by atoms with Gasteiger partial charge in [0.25, 0.3) is 5.91 Å². The minimum Gasteiger partial charge on any atom is -0.497 e. The van der Waals surface area contributed by atoms with Gasteiger partial charge in [-0.3, -0.25) is 9.59 Å². The lowest BCUT2D eigenvalue weighted by atomic mass is 10.1. The molecule has 3 aromatic carbocycles. The number of nitrogens with one attached hydrogen (secondary N) is 1. The van der Waals surface area contributed by atoms with Crippen LogP contribution in [0.1, 0.15) is 52.2 Å². The maximum Gasteiger partial charge on any atom is 0.255 e. The van der Waals surface area contributed by atoms with Crippen molar-refractivity contribution < 1.29 is 23.5 Å². The maximum atomic E-state index is 13.3. The van der Waals surface area contributed by atoms with Crippen molar-refractivity contribution >= 4 is 28.3 Å². The lowest BCUT2D eigenvalue weighted by Gasteiger charge is -2.10. The lowest BCUT2D eigenvalue weighted by molar-refractivity contribution is 0.101. The van der Waals surface area contributed by atoms with Gasteiger partial charge in [0.1, 0.15) is 23.7 Å². The van der Waals surface area contributed by atoms with Gasteiger partial charge >= 0.3 is 0 Å². The van der Waals surface area contributed by atoms with E-state index in [2.05, 4.69) is 20.8 Å². The number of methoxy groups -OCH3 is 1. The molecule has 0 fully saturated rings. The van der Waals surface area contributed by atoms with Crippen molar-refractivity contribution in [2.24, 2.45) is 0 Å². The molecular weight excluding hydrogens is 486 g/mol. The molecule has 0 aliphatic heterocycles. The Hall–Kier alpha value is -4.99. The Labute approximate surface area is 218 Å². The van der Waals surface area contributed by atoms with E-state index < -0.39 is 5.91 Å². The van der Waals surface area contributed by atoms with Gasteiger partial charge in [-0.1, -0.05) is 12.1 Å². The number of amides is 1. The van der Waals surface area contributed by atoms with Gasteiger partial charge in [0, 0.05) is 16.5 Å². The van der Waals surface area contributed by atoms with Gasteiger partial charge in [0.05, 0.1) is 18.8 Å². The minimum absolute atomic E-state index is 0.0487. The van der Waals surface area contributed by atoms with Crippen LogP contribution in [0.15, 0.2) is 77.2 Å². The number of hydrogen-bond acceptors (Lipinski definition) is 8. The SMILES string of the molecule is COc1ccc(C(=O)c2oc3ccccc3c2NC(=O)c2ccc(OCc3nnnn3C(C)C)cc2)cc1. The van der Waals surface area contributed by atoms with Crippen molar-refractivity contribution in [2.75, 3.05) is 12.4 Å². The summed E-state index contributed by atoms with van der Waals surface area (Å²) in [5.41, 5.74) is 1.60. The third-order valence-corrected chi connectivity index (χ3v) is 5.93. The molecule has 2 heterocycles. The zero-order valence-electron chi connectivity index (χ0n) is 21.0. The minimum atomic E-state index is -0.393. The number of benzene rings is 3. The lowest BCUT2D eigenvalue weighted by Crippen LogP contribution is -2.14. The van der Waals surface area contributed by atoms with Crippen LogP contribution in [0.3, 0.4) is 0 Å². The number of fused-ring (bicyclic) bond motifs is 1. The van der Waals surface area contributed by atoms with Gasteiger partial charge in [-0.05, 0) is 84.9 Å².